The molecule has 0 aliphatic rings. The second kappa shape index (κ2) is 7.21. The van der Waals surface area contributed by atoms with E-state index in [1.54, 1.807) is 17.8 Å². The first-order valence-corrected chi connectivity index (χ1v) is 10.0. The van der Waals surface area contributed by atoms with Crippen LogP contribution in [0.5, 0.6) is 0 Å². The molecule has 0 saturated heterocycles. The van der Waals surface area contributed by atoms with E-state index in [2.05, 4.69) is 25.0 Å². The Labute approximate surface area is 146 Å². The third-order valence-electron chi connectivity index (χ3n) is 2.99. The molecule has 0 spiro atoms. The molecule has 3 rings (SSSR count). The predicted molar refractivity (Wildman–Crippen MR) is 90.2 cm³/mol. The Balaban J connectivity index is 1.62. The van der Waals surface area contributed by atoms with Crippen molar-refractivity contribution in [3.8, 4) is 0 Å². The van der Waals surface area contributed by atoms with Crippen LogP contribution in [0.3, 0.4) is 0 Å². The molecule has 24 heavy (non-hydrogen) atoms. The summed E-state index contributed by atoms with van der Waals surface area (Å²) in [5, 5.41) is 7.69. The third-order valence-corrected chi connectivity index (χ3v) is 5.93. The fourth-order valence-corrected chi connectivity index (χ4v) is 4.02. The van der Waals surface area contributed by atoms with Crippen molar-refractivity contribution in [2.45, 2.75) is 18.0 Å². The summed E-state index contributed by atoms with van der Waals surface area (Å²) < 4.78 is 26.9. The Morgan fingerprint density at radius 1 is 1.12 bits per heavy atom. The summed E-state index contributed by atoms with van der Waals surface area (Å²) in [4.78, 5) is 22.8. The monoisotopic (exact) mass is 383 g/mol. The number of amides is 1. The molecule has 0 saturated carbocycles. The highest BCUT2D eigenvalue weighted by Gasteiger charge is 2.18. The molecule has 8 nitrogen and oxygen atoms in total. The van der Waals surface area contributed by atoms with Gasteiger partial charge in [-0.2, -0.15) is 0 Å². The van der Waals surface area contributed by atoms with Crippen LogP contribution in [0.2, 0.25) is 0 Å². The van der Waals surface area contributed by atoms with Crippen LogP contribution in [0.4, 0.5) is 0 Å². The second-order valence-electron chi connectivity index (χ2n) is 4.61. The largest absolute Gasteiger partial charge is 0.356 e. The van der Waals surface area contributed by atoms with Crippen molar-refractivity contribution in [2.75, 3.05) is 0 Å². The van der Waals surface area contributed by atoms with Crippen LogP contribution in [-0.4, -0.2) is 29.3 Å². The van der Waals surface area contributed by atoms with Crippen LogP contribution in [0.1, 0.15) is 20.5 Å². The Bertz CT molecular complexity index is 901. The Hall–Kier alpha value is -2.08. The van der Waals surface area contributed by atoms with Crippen LogP contribution >= 0.6 is 22.7 Å². The SMILES string of the molecule is O=C(NCc1nccs1)c1cc(S(=O)(=O)NCc2nccs2)c[nH]1. The van der Waals surface area contributed by atoms with Gasteiger partial charge in [0, 0.05) is 29.4 Å². The number of sulfonamides is 1. The molecular formula is C13H13N5O3S3. The molecule has 0 aliphatic heterocycles. The zero-order valence-electron chi connectivity index (χ0n) is 12.2. The first kappa shape index (κ1) is 16.8. The number of nitrogens with one attached hydrogen (secondary N) is 3. The number of thiazole rings is 2. The molecule has 0 aliphatic carbocycles. The van der Waals surface area contributed by atoms with Gasteiger partial charge in [-0.1, -0.05) is 0 Å². The number of hydrogen-bond donors (Lipinski definition) is 3. The first-order valence-electron chi connectivity index (χ1n) is 6.77. The van der Waals surface area contributed by atoms with Gasteiger partial charge in [-0.05, 0) is 6.07 Å². The molecule has 0 bridgehead atoms. The third kappa shape index (κ3) is 4.06. The zero-order valence-corrected chi connectivity index (χ0v) is 14.7. The van der Waals surface area contributed by atoms with Crippen molar-refractivity contribution in [1.82, 2.24) is 25.0 Å². The van der Waals surface area contributed by atoms with E-state index in [9.17, 15) is 13.2 Å². The van der Waals surface area contributed by atoms with Crippen molar-refractivity contribution >= 4 is 38.6 Å². The normalized spacial score (nSPS) is 11.5. The lowest BCUT2D eigenvalue weighted by molar-refractivity contribution is 0.0946. The maximum absolute atomic E-state index is 12.2. The Kier molecular flexibility index (Phi) is 5.04. The molecule has 0 atom stereocenters. The number of H-pyrrole nitrogens is 1. The van der Waals surface area contributed by atoms with E-state index in [1.807, 2.05) is 5.38 Å². The maximum atomic E-state index is 12.2. The average Bonchev–Trinajstić information content (AvgIpc) is 3.33. The van der Waals surface area contributed by atoms with E-state index in [4.69, 9.17) is 0 Å². The molecule has 126 valence electrons. The van der Waals surface area contributed by atoms with Gasteiger partial charge in [0.2, 0.25) is 10.0 Å². The molecule has 0 fully saturated rings. The number of carbonyl (C=O) groups is 1. The van der Waals surface area contributed by atoms with Gasteiger partial charge in [0.15, 0.2) is 0 Å². The van der Waals surface area contributed by atoms with Crippen LogP contribution in [0.15, 0.2) is 40.3 Å². The topological polar surface area (TPSA) is 117 Å². The van der Waals surface area contributed by atoms with Crippen molar-refractivity contribution in [2.24, 2.45) is 0 Å². The maximum Gasteiger partial charge on any atom is 0.268 e. The molecular weight excluding hydrogens is 370 g/mol. The number of nitrogens with zero attached hydrogens (tertiary/aromatic N) is 2. The van der Waals surface area contributed by atoms with Crippen molar-refractivity contribution in [3.63, 3.8) is 0 Å². The first-order chi connectivity index (χ1) is 11.5. The molecule has 0 aromatic carbocycles. The highest BCUT2D eigenvalue weighted by Crippen LogP contribution is 2.12. The van der Waals surface area contributed by atoms with Crippen molar-refractivity contribution in [1.29, 1.82) is 0 Å². The molecule has 3 aromatic rings. The molecule has 3 N–H and O–H groups in total. The number of carbonyl (C=O) groups excluding carboxylic acids is 1. The van der Waals surface area contributed by atoms with Gasteiger partial charge < -0.3 is 10.3 Å². The lowest BCUT2D eigenvalue weighted by Crippen LogP contribution is -2.24. The van der Waals surface area contributed by atoms with Crippen LogP contribution in [-0.2, 0) is 23.1 Å². The quantitative estimate of drug-likeness (QED) is 0.569. The summed E-state index contributed by atoms with van der Waals surface area (Å²) in [5.41, 5.74) is 0.168. The van der Waals surface area contributed by atoms with Crippen LogP contribution in [0, 0.1) is 0 Å². The van der Waals surface area contributed by atoms with Gasteiger partial charge in [0.25, 0.3) is 5.91 Å². The highest BCUT2D eigenvalue weighted by atomic mass is 32.2. The van der Waals surface area contributed by atoms with E-state index < -0.39 is 15.9 Å². The number of aromatic nitrogens is 3. The zero-order chi connectivity index (χ0) is 17.0. The highest BCUT2D eigenvalue weighted by molar-refractivity contribution is 7.89. The Morgan fingerprint density at radius 2 is 1.79 bits per heavy atom. The van der Waals surface area contributed by atoms with Crippen LogP contribution < -0.4 is 10.0 Å². The van der Waals surface area contributed by atoms with Crippen molar-refractivity contribution in [3.05, 3.63) is 51.1 Å². The minimum Gasteiger partial charge on any atom is -0.356 e. The smallest absolute Gasteiger partial charge is 0.268 e. The number of hydrogen-bond acceptors (Lipinski definition) is 7. The average molecular weight is 383 g/mol. The van der Waals surface area contributed by atoms with E-state index in [1.165, 1.54) is 34.9 Å². The summed E-state index contributed by atoms with van der Waals surface area (Å²) in [5.74, 6) is -0.397. The lowest BCUT2D eigenvalue weighted by Gasteiger charge is -2.02. The van der Waals surface area contributed by atoms with E-state index >= 15 is 0 Å². The van der Waals surface area contributed by atoms with Gasteiger partial charge in [-0.3, -0.25) is 4.79 Å². The summed E-state index contributed by atoms with van der Waals surface area (Å²) in [6.45, 7) is 0.399. The lowest BCUT2D eigenvalue weighted by atomic mass is 10.4. The summed E-state index contributed by atoms with van der Waals surface area (Å²) >= 11 is 2.79. The standard InChI is InChI=1S/C13H13N5O3S3/c19-13(17-7-11-14-1-3-22-11)10-5-9(6-16-10)24(20,21)18-8-12-15-2-4-23-12/h1-6,16,18H,7-8H2,(H,17,19). The Morgan fingerprint density at radius 3 is 2.42 bits per heavy atom. The van der Waals surface area contributed by atoms with E-state index in [-0.39, 0.29) is 17.1 Å². The number of aromatic amines is 1. The van der Waals surface area contributed by atoms with E-state index in [0.29, 0.717) is 11.6 Å². The van der Waals surface area contributed by atoms with Crippen molar-refractivity contribution < 1.29 is 13.2 Å². The fraction of sp³-hybridized carbons (Fsp3) is 0.154. The second-order valence-corrected chi connectivity index (χ2v) is 8.33. The van der Waals surface area contributed by atoms with E-state index in [0.717, 1.165) is 5.01 Å². The molecule has 3 aromatic heterocycles. The molecule has 0 radical (unpaired) electrons. The van der Waals surface area contributed by atoms with Gasteiger partial charge >= 0.3 is 0 Å². The minimum atomic E-state index is -3.71. The molecule has 0 unspecified atom stereocenters. The van der Waals surface area contributed by atoms with Gasteiger partial charge in [-0.15, -0.1) is 22.7 Å². The van der Waals surface area contributed by atoms with Gasteiger partial charge in [0.05, 0.1) is 13.1 Å². The predicted octanol–water partition coefficient (Wildman–Crippen LogP) is 1.34. The summed E-state index contributed by atoms with van der Waals surface area (Å²) in [7, 11) is -3.71. The summed E-state index contributed by atoms with van der Waals surface area (Å²) in [6.07, 6.45) is 4.54. The minimum absolute atomic E-state index is 0.00143. The molecule has 1 amide bonds. The molecule has 3 heterocycles. The summed E-state index contributed by atoms with van der Waals surface area (Å²) in [6, 6.07) is 1.29. The van der Waals surface area contributed by atoms with Gasteiger partial charge in [0.1, 0.15) is 20.6 Å². The molecule has 11 heteroatoms. The van der Waals surface area contributed by atoms with Crippen LogP contribution in [0.25, 0.3) is 0 Å². The van der Waals surface area contributed by atoms with Gasteiger partial charge in [-0.25, -0.2) is 23.1 Å². The number of rotatable bonds is 7. The fourth-order valence-electron chi connectivity index (χ4n) is 1.83.